The lowest BCUT2D eigenvalue weighted by Gasteiger charge is -2.33. The molecule has 2 heterocycles. The third-order valence-electron chi connectivity index (χ3n) is 5.73. The fourth-order valence-electron chi connectivity index (χ4n) is 4.04. The third kappa shape index (κ3) is 5.47. The highest BCUT2D eigenvalue weighted by Crippen LogP contribution is 2.32. The number of rotatable bonds is 8. The van der Waals surface area contributed by atoms with Crippen molar-refractivity contribution in [3.05, 3.63) is 23.8 Å². The molecule has 6 nitrogen and oxygen atoms in total. The summed E-state index contributed by atoms with van der Waals surface area (Å²) in [6, 6.07) is 6.51. The van der Waals surface area contributed by atoms with E-state index in [1.165, 1.54) is 25.8 Å². The summed E-state index contributed by atoms with van der Waals surface area (Å²) < 4.78 is 5.50. The van der Waals surface area contributed by atoms with E-state index in [9.17, 15) is 9.59 Å². The van der Waals surface area contributed by atoms with Gasteiger partial charge in [0.25, 0.3) is 5.91 Å². The molecule has 2 amide bonds. The molecule has 6 heteroatoms. The minimum Gasteiger partial charge on any atom is -0.482 e. The van der Waals surface area contributed by atoms with Gasteiger partial charge in [-0.25, -0.2) is 0 Å². The summed E-state index contributed by atoms with van der Waals surface area (Å²) in [7, 11) is 0. The first-order chi connectivity index (χ1) is 13.5. The maximum absolute atomic E-state index is 12.2. The van der Waals surface area contributed by atoms with Gasteiger partial charge in [-0.1, -0.05) is 12.5 Å². The lowest BCUT2D eigenvalue weighted by Crippen LogP contribution is -2.40. The van der Waals surface area contributed by atoms with Crippen molar-refractivity contribution in [2.24, 2.45) is 0 Å². The maximum atomic E-state index is 12.2. The van der Waals surface area contributed by atoms with Crippen molar-refractivity contribution >= 4 is 17.5 Å². The van der Waals surface area contributed by atoms with Crippen LogP contribution in [0.2, 0.25) is 0 Å². The molecule has 28 heavy (non-hydrogen) atoms. The van der Waals surface area contributed by atoms with Gasteiger partial charge in [-0.15, -0.1) is 0 Å². The number of amides is 2. The molecule has 1 unspecified atom stereocenters. The number of likely N-dealkylation sites (tertiary alicyclic amines) is 1. The molecule has 1 N–H and O–H groups in total. The number of nitrogens with zero attached hydrogens (tertiary/aromatic N) is 2. The van der Waals surface area contributed by atoms with Crippen molar-refractivity contribution in [3.8, 4) is 5.75 Å². The van der Waals surface area contributed by atoms with Crippen LogP contribution in [0.25, 0.3) is 0 Å². The molecule has 0 aliphatic carbocycles. The SMILES string of the molecule is Cc1ccc2c(c1)N(CCCC(=O)NCCCN1CCCCC1C)C(=O)CO2. The average molecular weight is 388 g/mol. The zero-order chi connectivity index (χ0) is 19.9. The number of benzene rings is 1. The Labute approximate surface area is 168 Å². The first kappa shape index (κ1) is 20.6. The Bertz CT molecular complexity index is 692. The molecule has 3 rings (SSSR count). The van der Waals surface area contributed by atoms with E-state index in [1.54, 1.807) is 4.90 Å². The zero-order valence-electron chi connectivity index (χ0n) is 17.2. The topological polar surface area (TPSA) is 61.9 Å². The first-order valence-corrected chi connectivity index (χ1v) is 10.6. The van der Waals surface area contributed by atoms with Gasteiger partial charge in [-0.2, -0.15) is 0 Å². The molecule has 154 valence electrons. The van der Waals surface area contributed by atoms with Crippen LogP contribution in [0.1, 0.15) is 51.0 Å². The minimum atomic E-state index is -0.0471. The Morgan fingerprint density at radius 2 is 2.11 bits per heavy atom. The van der Waals surface area contributed by atoms with Gasteiger partial charge in [0.2, 0.25) is 5.91 Å². The maximum Gasteiger partial charge on any atom is 0.265 e. The van der Waals surface area contributed by atoms with E-state index < -0.39 is 0 Å². The van der Waals surface area contributed by atoms with Crippen molar-refractivity contribution in [1.29, 1.82) is 0 Å². The number of aryl methyl sites for hydroxylation is 1. The van der Waals surface area contributed by atoms with Crippen LogP contribution in [0.4, 0.5) is 5.69 Å². The summed E-state index contributed by atoms with van der Waals surface area (Å²) in [6.07, 6.45) is 5.99. The fraction of sp³-hybridized carbons (Fsp3) is 0.636. The molecule has 0 aromatic heterocycles. The molecular formula is C22H33N3O3. The number of carbonyl (C=O) groups is 2. The molecule has 0 radical (unpaired) electrons. The first-order valence-electron chi connectivity index (χ1n) is 10.6. The molecule has 1 fully saturated rings. The molecular weight excluding hydrogens is 354 g/mol. The third-order valence-corrected chi connectivity index (χ3v) is 5.73. The monoisotopic (exact) mass is 387 g/mol. The lowest BCUT2D eigenvalue weighted by molar-refractivity contribution is -0.122. The van der Waals surface area contributed by atoms with E-state index in [-0.39, 0.29) is 18.4 Å². The number of ether oxygens (including phenoxy) is 1. The number of hydrogen-bond acceptors (Lipinski definition) is 4. The van der Waals surface area contributed by atoms with E-state index in [0.717, 1.165) is 36.5 Å². The van der Waals surface area contributed by atoms with Gasteiger partial charge < -0.3 is 19.9 Å². The van der Waals surface area contributed by atoms with Crippen molar-refractivity contribution in [1.82, 2.24) is 10.2 Å². The highest BCUT2D eigenvalue weighted by molar-refractivity contribution is 5.97. The molecule has 1 aromatic carbocycles. The normalized spacial score (nSPS) is 19.9. The average Bonchev–Trinajstić information content (AvgIpc) is 2.68. The molecule has 0 spiro atoms. The van der Waals surface area contributed by atoms with Gasteiger partial charge in [0.1, 0.15) is 5.75 Å². The van der Waals surface area contributed by atoms with E-state index in [0.29, 0.717) is 25.4 Å². The lowest BCUT2D eigenvalue weighted by atomic mass is 10.0. The van der Waals surface area contributed by atoms with Crippen LogP contribution in [0.3, 0.4) is 0 Å². The molecule has 0 saturated carbocycles. The summed E-state index contributed by atoms with van der Waals surface area (Å²) in [5.41, 5.74) is 1.90. The van der Waals surface area contributed by atoms with Gasteiger partial charge in [-0.05, 0) is 63.8 Å². The number of anilines is 1. The number of fused-ring (bicyclic) bond motifs is 1. The van der Waals surface area contributed by atoms with Crippen LogP contribution in [0, 0.1) is 6.92 Å². The summed E-state index contributed by atoms with van der Waals surface area (Å²) in [6.45, 7) is 7.86. The molecule has 1 aromatic rings. The predicted octanol–water partition coefficient (Wildman–Crippen LogP) is 2.88. The molecule has 0 bridgehead atoms. The second-order valence-corrected chi connectivity index (χ2v) is 7.99. The van der Waals surface area contributed by atoms with Gasteiger partial charge in [0.15, 0.2) is 6.61 Å². The standard InChI is InChI=1S/C22H33N3O3/c1-17-9-10-20-19(15-17)25(22(27)16-28-20)14-5-8-21(26)23-11-6-13-24-12-4-3-7-18(24)2/h9-10,15,18H,3-8,11-14,16H2,1-2H3,(H,23,26). The van der Waals surface area contributed by atoms with Crippen molar-refractivity contribution in [2.45, 2.75) is 58.4 Å². The Morgan fingerprint density at radius 1 is 1.25 bits per heavy atom. The Balaban J connectivity index is 1.36. The highest BCUT2D eigenvalue weighted by atomic mass is 16.5. The summed E-state index contributed by atoms with van der Waals surface area (Å²) in [4.78, 5) is 28.6. The Morgan fingerprint density at radius 3 is 2.93 bits per heavy atom. The second-order valence-electron chi connectivity index (χ2n) is 7.99. The quantitative estimate of drug-likeness (QED) is 0.697. The molecule has 1 saturated heterocycles. The minimum absolute atomic E-state index is 0.0471. The molecule has 2 aliphatic rings. The van der Waals surface area contributed by atoms with Crippen LogP contribution in [0.5, 0.6) is 5.75 Å². The van der Waals surface area contributed by atoms with Crippen molar-refractivity contribution < 1.29 is 14.3 Å². The summed E-state index contributed by atoms with van der Waals surface area (Å²) >= 11 is 0. The van der Waals surface area contributed by atoms with Crippen LogP contribution >= 0.6 is 0 Å². The number of nitrogens with one attached hydrogen (secondary N) is 1. The number of piperidine rings is 1. The molecule has 2 aliphatic heterocycles. The van der Waals surface area contributed by atoms with Crippen molar-refractivity contribution in [2.75, 3.05) is 37.7 Å². The van der Waals surface area contributed by atoms with E-state index in [4.69, 9.17) is 4.74 Å². The van der Waals surface area contributed by atoms with E-state index >= 15 is 0 Å². The summed E-state index contributed by atoms with van der Waals surface area (Å²) in [5.74, 6) is 0.757. The van der Waals surface area contributed by atoms with E-state index in [1.807, 2.05) is 25.1 Å². The zero-order valence-corrected chi connectivity index (χ0v) is 17.2. The van der Waals surface area contributed by atoms with E-state index in [2.05, 4.69) is 17.1 Å². The Hall–Kier alpha value is -2.08. The largest absolute Gasteiger partial charge is 0.482 e. The second kappa shape index (κ2) is 9.92. The van der Waals surface area contributed by atoms with Gasteiger partial charge in [-0.3, -0.25) is 9.59 Å². The highest BCUT2D eigenvalue weighted by Gasteiger charge is 2.25. The Kier molecular flexibility index (Phi) is 7.31. The smallest absolute Gasteiger partial charge is 0.265 e. The number of carbonyl (C=O) groups excluding carboxylic acids is 2. The van der Waals surface area contributed by atoms with Crippen molar-refractivity contribution in [3.63, 3.8) is 0 Å². The van der Waals surface area contributed by atoms with Gasteiger partial charge in [0.05, 0.1) is 5.69 Å². The van der Waals surface area contributed by atoms with Crippen LogP contribution < -0.4 is 15.0 Å². The van der Waals surface area contributed by atoms with Gasteiger partial charge >= 0.3 is 0 Å². The van der Waals surface area contributed by atoms with Gasteiger partial charge in [0, 0.05) is 32.1 Å². The predicted molar refractivity (Wildman–Crippen MR) is 111 cm³/mol. The van der Waals surface area contributed by atoms with Crippen LogP contribution in [0.15, 0.2) is 18.2 Å². The van der Waals surface area contributed by atoms with Crippen LogP contribution in [-0.2, 0) is 9.59 Å². The number of hydrogen-bond donors (Lipinski definition) is 1. The summed E-state index contributed by atoms with van der Waals surface area (Å²) in [5, 5.41) is 3.02. The molecule has 1 atom stereocenters. The van der Waals surface area contributed by atoms with Crippen LogP contribution in [-0.4, -0.2) is 55.5 Å². The fourth-order valence-corrected chi connectivity index (χ4v) is 4.04.